The maximum Gasteiger partial charge on any atom is 0.349 e. The van der Waals surface area contributed by atoms with Gasteiger partial charge in [0.15, 0.2) is 12.4 Å². The second-order valence-electron chi connectivity index (χ2n) is 4.30. The Morgan fingerprint density at radius 1 is 1.05 bits per heavy atom. The first-order valence-electron chi connectivity index (χ1n) is 6.24. The van der Waals surface area contributed by atoms with Crippen molar-refractivity contribution in [3.63, 3.8) is 0 Å². The third-order valence-corrected chi connectivity index (χ3v) is 2.86. The van der Waals surface area contributed by atoms with Crippen molar-refractivity contribution in [3.8, 4) is 11.5 Å². The van der Waals surface area contributed by atoms with Crippen molar-refractivity contribution in [3.05, 3.63) is 59.1 Å². The number of hydrogen-bond acceptors (Lipinski definition) is 4. The minimum Gasteiger partial charge on any atom is -0.482 e. The molecule has 108 valence electrons. The molecule has 0 fully saturated rings. The third-order valence-electron chi connectivity index (χ3n) is 2.63. The Labute approximate surface area is 127 Å². The van der Waals surface area contributed by atoms with Crippen LogP contribution in [0.2, 0.25) is 5.02 Å². The van der Waals surface area contributed by atoms with Gasteiger partial charge in [-0.2, -0.15) is 0 Å². The van der Waals surface area contributed by atoms with E-state index in [1.807, 2.05) is 0 Å². The average molecular weight is 305 g/mol. The molecule has 0 saturated heterocycles. The SMILES string of the molecule is CC(=O)c1cccc(OCC(=O)Oc2cccc(Cl)c2)c1. The summed E-state index contributed by atoms with van der Waals surface area (Å²) in [5.74, 6) is 0.173. The molecule has 0 amide bonds. The van der Waals surface area contributed by atoms with E-state index >= 15 is 0 Å². The van der Waals surface area contributed by atoms with E-state index in [-0.39, 0.29) is 12.4 Å². The summed E-state index contributed by atoms with van der Waals surface area (Å²) in [5.41, 5.74) is 0.524. The average Bonchev–Trinajstić information content (AvgIpc) is 2.45. The summed E-state index contributed by atoms with van der Waals surface area (Å²) in [5, 5.41) is 0.482. The lowest BCUT2D eigenvalue weighted by molar-refractivity contribution is -0.136. The lowest BCUT2D eigenvalue weighted by atomic mass is 10.1. The Balaban J connectivity index is 1.92. The highest BCUT2D eigenvalue weighted by Gasteiger charge is 2.07. The van der Waals surface area contributed by atoms with Gasteiger partial charge < -0.3 is 9.47 Å². The van der Waals surface area contributed by atoms with Gasteiger partial charge in [0.2, 0.25) is 0 Å². The van der Waals surface area contributed by atoms with Crippen molar-refractivity contribution in [2.45, 2.75) is 6.92 Å². The number of halogens is 1. The molecule has 0 aliphatic rings. The molecule has 4 nitrogen and oxygen atoms in total. The fourth-order valence-corrected chi connectivity index (χ4v) is 1.82. The van der Waals surface area contributed by atoms with Gasteiger partial charge in [0.05, 0.1) is 0 Å². The highest BCUT2D eigenvalue weighted by atomic mass is 35.5. The van der Waals surface area contributed by atoms with Crippen molar-refractivity contribution in [2.75, 3.05) is 6.61 Å². The first-order valence-corrected chi connectivity index (χ1v) is 6.62. The molecule has 21 heavy (non-hydrogen) atoms. The fraction of sp³-hybridized carbons (Fsp3) is 0.125. The number of rotatable bonds is 5. The molecule has 0 saturated carbocycles. The monoisotopic (exact) mass is 304 g/mol. The largest absolute Gasteiger partial charge is 0.482 e. The summed E-state index contributed by atoms with van der Waals surface area (Å²) in [6, 6.07) is 13.1. The normalized spacial score (nSPS) is 10.0. The second kappa shape index (κ2) is 6.90. The number of carbonyl (C=O) groups excluding carboxylic acids is 2. The summed E-state index contributed by atoms with van der Waals surface area (Å²) in [6.45, 7) is 1.21. The molecule has 0 atom stereocenters. The van der Waals surface area contributed by atoms with Crippen molar-refractivity contribution in [2.24, 2.45) is 0 Å². The van der Waals surface area contributed by atoms with E-state index in [4.69, 9.17) is 21.1 Å². The van der Waals surface area contributed by atoms with Gasteiger partial charge in [-0.15, -0.1) is 0 Å². The predicted molar refractivity (Wildman–Crippen MR) is 79.0 cm³/mol. The van der Waals surface area contributed by atoms with Crippen LogP contribution in [0.5, 0.6) is 11.5 Å². The first-order chi connectivity index (χ1) is 10.0. The summed E-state index contributed by atoms with van der Waals surface area (Å²) < 4.78 is 10.4. The van der Waals surface area contributed by atoms with Gasteiger partial charge in [0.1, 0.15) is 11.5 Å². The van der Waals surface area contributed by atoms with E-state index in [2.05, 4.69) is 0 Å². The van der Waals surface area contributed by atoms with Crippen LogP contribution in [0, 0.1) is 0 Å². The molecule has 0 spiro atoms. The van der Waals surface area contributed by atoms with Gasteiger partial charge in [-0.05, 0) is 37.3 Å². The zero-order valence-electron chi connectivity index (χ0n) is 11.3. The minimum atomic E-state index is -0.550. The Hall–Kier alpha value is -2.33. The third kappa shape index (κ3) is 4.61. The van der Waals surface area contributed by atoms with Crippen molar-refractivity contribution < 1.29 is 19.1 Å². The fourth-order valence-electron chi connectivity index (χ4n) is 1.64. The molecule has 0 aliphatic carbocycles. The summed E-state index contributed by atoms with van der Waals surface area (Å²) in [4.78, 5) is 22.9. The van der Waals surface area contributed by atoms with Crippen molar-refractivity contribution in [1.82, 2.24) is 0 Å². The topological polar surface area (TPSA) is 52.6 Å². The molecular formula is C16H13ClO4. The maximum absolute atomic E-state index is 11.7. The number of esters is 1. The van der Waals surface area contributed by atoms with Crippen LogP contribution in [0.3, 0.4) is 0 Å². The molecule has 0 radical (unpaired) electrons. The van der Waals surface area contributed by atoms with Gasteiger partial charge in [-0.3, -0.25) is 4.79 Å². The molecule has 0 heterocycles. The highest BCUT2D eigenvalue weighted by molar-refractivity contribution is 6.30. The van der Waals surface area contributed by atoms with Crippen molar-refractivity contribution >= 4 is 23.4 Å². The van der Waals surface area contributed by atoms with E-state index in [9.17, 15) is 9.59 Å². The van der Waals surface area contributed by atoms with Crippen LogP contribution in [-0.2, 0) is 4.79 Å². The highest BCUT2D eigenvalue weighted by Crippen LogP contribution is 2.18. The number of ether oxygens (including phenoxy) is 2. The number of carbonyl (C=O) groups is 2. The smallest absolute Gasteiger partial charge is 0.349 e. The maximum atomic E-state index is 11.7. The summed E-state index contributed by atoms with van der Waals surface area (Å²) in [7, 11) is 0. The second-order valence-corrected chi connectivity index (χ2v) is 4.74. The van der Waals surface area contributed by atoms with E-state index in [0.717, 1.165) is 0 Å². The number of ketones is 1. The molecule has 2 rings (SSSR count). The van der Waals surface area contributed by atoms with Crippen LogP contribution >= 0.6 is 11.6 Å². The van der Waals surface area contributed by atoms with E-state index in [1.54, 1.807) is 42.5 Å². The van der Waals surface area contributed by atoms with Crippen LogP contribution in [0.1, 0.15) is 17.3 Å². The zero-order chi connectivity index (χ0) is 15.2. The van der Waals surface area contributed by atoms with Crippen LogP contribution in [0.25, 0.3) is 0 Å². The molecule has 5 heteroatoms. The van der Waals surface area contributed by atoms with E-state index in [1.165, 1.54) is 13.0 Å². The molecule has 0 aliphatic heterocycles. The Morgan fingerprint density at radius 2 is 1.76 bits per heavy atom. The van der Waals surface area contributed by atoms with Crippen LogP contribution in [-0.4, -0.2) is 18.4 Å². The van der Waals surface area contributed by atoms with Crippen LogP contribution in [0.4, 0.5) is 0 Å². The quantitative estimate of drug-likeness (QED) is 0.482. The van der Waals surface area contributed by atoms with Gasteiger partial charge in [0, 0.05) is 10.6 Å². The molecule has 2 aromatic rings. The van der Waals surface area contributed by atoms with Crippen LogP contribution in [0.15, 0.2) is 48.5 Å². The van der Waals surface area contributed by atoms with Gasteiger partial charge in [0.25, 0.3) is 0 Å². The summed E-state index contributed by atoms with van der Waals surface area (Å²) >= 11 is 5.79. The molecule has 0 bridgehead atoms. The molecule has 0 unspecified atom stereocenters. The Kier molecular flexibility index (Phi) is 4.95. The van der Waals surface area contributed by atoms with E-state index in [0.29, 0.717) is 22.1 Å². The number of hydrogen-bond donors (Lipinski definition) is 0. The van der Waals surface area contributed by atoms with Gasteiger partial charge in [-0.1, -0.05) is 29.8 Å². The Morgan fingerprint density at radius 3 is 2.48 bits per heavy atom. The number of benzene rings is 2. The lowest BCUT2D eigenvalue weighted by Gasteiger charge is -2.07. The molecular weight excluding hydrogens is 292 g/mol. The van der Waals surface area contributed by atoms with E-state index < -0.39 is 5.97 Å². The van der Waals surface area contributed by atoms with Crippen LogP contribution < -0.4 is 9.47 Å². The van der Waals surface area contributed by atoms with Gasteiger partial charge >= 0.3 is 5.97 Å². The molecule has 0 N–H and O–H groups in total. The van der Waals surface area contributed by atoms with Gasteiger partial charge in [-0.25, -0.2) is 4.79 Å². The zero-order valence-corrected chi connectivity index (χ0v) is 12.1. The predicted octanol–water partition coefficient (Wildman–Crippen LogP) is 3.53. The molecule has 2 aromatic carbocycles. The summed E-state index contributed by atoms with van der Waals surface area (Å²) in [6.07, 6.45) is 0. The Bertz CT molecular complexity index is 667. The standard InChI is InChI=1S/C16H13ClO4/c1-11(18)12-4-2-6-14(8-12)20-10-16(19)21-15-7-3-5-13(17)9-15/h2-9H,10H2,1H3. The number of Topliss-reactive ketones (excluding diaryl/α,β-unsaturated/α-hetero) is 1. The first kappa shape index (κ1) is 15.1. The molecule has 0 aromatic heterocycles. The minimum absolute atomic E-state index is 0.0676. The lowest BCUT2D eigenvalue weighted by Crippen LogP contribution is -2.17. The van der Waals surface area contributed by atoms with Crippen molar-refractivity contribution in [1.29, 1.82) is 0 Å².